The average molecular weight is 519 g/mol. The van der Waals surface area contributed by atoms with Gasteiger partial charge in [0.25, 0.3) is 0 Å². The molecule has 0 saturated heterocycles. The highest BCUT2D eigenvalue weighted by molar-refractivity contribution is 5.66. The summed E-state index contributed by atoms with van der Waals surface area (Å²) in [6, 6.07) is 0. The lowest BCUT2D eigenvalue weighted by molar-refractivity contribution is -0.162. The summed E-state index contributed by atoms with van der Waals surface area (Å²) in [6.07, 6.45) is 9.70. The lowest BCUT2D eigenvalue weighted by Crippen LogP contribution is -2.60. The van der Waals surface area contributed by atoms with Crippen molar-refractivity contribution < 1.29 is 24.9 Å². The zero-order valence-electron chi connectivity index (χ0n) is 24.8. The lowest BCUT2D eigenvalue weighted by Gasteiger charge is -2.64. The molecule has 5 nitrogen and oxygen atoms in total. The molecule has 5 heteroatoms. The molecule has 4 rings (SSSR count). The highest BCUT2D eigenvalue weighted by Crippen LogP contribution is 2.73. The van der Waals surface area contributed by atoms with Gasteiger partial charge in [-0.05, 0) is 98.2 Å². The van der Waals surface area contributed by atoms with Gasteiger partial charge in [-0.2, -0.15) is 0 Å². The first-order valence-corrected chi connectivity index (χ1v) is 14.9. The van der Waals surface area contributed by atoms with Gasteiger partial charge in [0.1, 0.15) is 6.10 Å². The van der Waals surface area contributed by atoms with Gasteiger partial charge in [0.15, 0.2) is 0 Å². The fraction of sp³-hybridized carbons (Fsp3) is 0.906. The van der Waals surface area contributed by atoms with E-state index in [-0.39, 0.29) is 46.9 Å². The molecule has 0 radical (unpaired) electrons. The van der Waals surface area contributed by atoms with Crippen LogP contribution >= 0.6 is 0 Å². The number of carbonyl (C=O) groups is 1. The molecule has 3 saturated carbocycles. The van der Waals surface area contributed by atoms with Crippen LogP contribution in [0, 0.1) is 45.3 Å². The van der Waals surface area contributed by atoms with E-state index < -0.39 is 11.0 Å². The maximum absolute atomic E-state index is 12.0. The van der Waals surface area contributed by atoms with Crippen LogP contribution in [0.4, 0.5) is 0 Å². The number of rotatable bonds is 7. The van der Waals surface area contributed by atoms with Gasteiger partial charge in [-0.3, -0.25) is 4.79 Å². The summed E-state index contributed by atoms with van der Waals surface area (Å²) in [7, 11) is 0. The highest BCUT2D eigenvalue weighted by Gasteiger charge is 2.68. The summed E-state index contributed by atoms with van der Waals surface area (Å²) in [5.41, 5.74) is 0.0101. The number of hydrogen-bond donors (Lipinski definition) is 3. The molecular weight excluding hydrogens is 464 g/mol. The van der Waals surface area contributed by atoms with Crippen molar-refractivity contribution in [3.63, 3.8) is 0 Å². The zero-order chi connectivity index (χ0) is 27.6. The molecule has 0 aromatic carbocycles. The molecule has 9 atom stereocenters. The van der Waals surface area contributed by atoms with Gasteiger partial charge >= 0.3 is 5.97 Å². The summed E-state index contributed by atoms with van der Waals surface area (Å²) < 4.78 is 5.68. The maximum Gasteiger partial charge on any atom is 0.302 e. The molecule has 2 unspecified atom stereocenters. The molecule has 4 aliphatic carbocycles. The summed E-state index contributed by atoms with van der Waals surface area (Å²) >= 11 is 0. The van der Waals surface area contributed by atoms with E-state index in [0.717, 1.165) is 51.4 Å². The topological polar surface area (TPSA) is 87.0 Å². The Labute approximate surface area is 225 Å². The Morgan fingerprint density at radius 2 is 1.81 bits per heavy atom. The summed E-state index contributed by atoms with van der Waals surface area (Å²) in [4.78, 5) is 11.8. The van der Waals surface area contributed by atoms with E-state index in [1.165, 1.54) is 6.92 Å². The van der Waals surface area contributed by atoms with Crippen LogP contribution in [0.1, 0.15) is 113 Å². The average Bonchev–Trinajstić information content (AvgIpc) is 3.10. The van der Waals surface area contributed by atoms with E-state index in [0.29, 0.717) is 24.2 Å². The number of allylic oxidation sites excluding steroid dienone is 2. The molecule has 212 valence electrons. The van der Waals surface area contributed by atoms with Crippen LogP contribution in [0.3, 0.4) is 0 Å². The van der Waals surface area contributed by atoms with Crippen molar-refractivity contribution in [2.24, 2.45) is 45.3 Å². The lowest BCUT2D eigenvalue weighted by atomic mass is 9.40. The van der Waals surface area contributed by atoms with Crippen molar-refractivity contribution >= 4 is 5.97 Å². The van der Waals surface area contributed by atoms with Crippen LogP contribution in [0.15, 0.2) is 11.6 Å². The van der Waals surface area contributed by atoms with Gasteiger partial charge in [-0.1, -0.05) is 53.2 Å². The predicted molar refractivity (Wildman–Crippen MR) is 147 cm³/mol. The van der Waals surface area contributed by atoms with Gasteiger partial charge in [0.2, 0.25) is 0 Å². The molecule has 0 aliphatic heterocycles. The minimum atomic E-state index is -1.04. The van der Waals surface area contributed by atoms with Gasteiger partial charge in [0.05, 0.1) is 11.7 Å². The molecule has 3 fully saturated rings. The minimum Gasteiger partial charge on any atom is -0.462 e. The number of ether oxygens (including phenoxy) is 1. The molecule has 0 bridgehead atoms. The Balaban J connectivity index is 1.68. The molecule has 37 heavy (non-hydrogen) atoms. The van der Waals surface area contributed by atoms with E-state index in [2.05, 4.69) is 47.6 Å². The molecule has 0 heterocycles. The van der Waals surface area contributed by atoms with Crippen LogP contribution in [-0.4, -0.2) is 45.7 Å². The molecule has 0 amide bonds. The Hall–Kier alpha value is -0.910. The predicted octanol–water partition coefficient (Wildman–Crippen LogP) is 6.04. The van der Waals surface area contributed by atoms with Gasteiger partial charge in [0, 0.05) is 25.4 Å². The first-order chi connectivity index (χ1) is 17.0. The van der Waals surface area contributed by atoms with Gasteiger partial charge in [-0.25, -0.2) is 0 Å². The van der Waals surface area contributed by atoms with Crippen LogP contribution in [-0.2, 0) is 9.53 Å². The molecule has 4 aliphatic rings. The summed E-state index contributed by atoms with van der Waals surface area (Å²) in [5.74, 6) is 0.840. The van der Waals surface area contributed by atoms with Gasteiger partial charge in [-0.15, -0.1) is 0 Å². The SMILES string of the molecule is CC(=O)OC(CC(C)C)C[C@](C)(O)[C@H]1CC[C@@]2(C)[C@@H]3CC[C@H]4C(C)(C)C(O)CC[C@]4(C)C3=CC[C@]12CO. The first kappa shape index (κ1) is 29.1. The van der Waals surface area contributed by atoms with E-state index >= 15 is 0 Å². The minimum absolute atomic E-state index is 0.0619. The van der Waals surface area contributed by atoms with Crippen molar-refractivity contribution in [2.45, 2.75) is 131 Å². The van der Waals surface area contributed by atoms with Crippen molar-refractivity contribution in [3.8, 4) is 0 Å². The number of aliphatic hydroxyl groups excluding tert-OH is 2. The summed E-state index contributed by atoms with van der Waals surface area (Å²) in [6.45, 7) is 17.0. The fourth-order valence-corrected chi connectivity index (χ4v) is 10.4. The second kappa shape index (κ2) is 9.63. The largest absolute Gasteiger partial charge is 0.462 e. The smallest absolute Gasteiger partial charge is 0.302 e. The molecule has 3 N–H and O–H groups in total. The van der Waals surface area contributed by atoms with Crippen molar-refractivity contribution in [1.82, 2.24) is 0 Å². The number of esters is 1. The Morgan fingerprint density at radius 1 is 1.14 bits per heavy atom. The summed E-state index contributed by atoms with van der Waals surface area (Å²) in [5, 5.41) is 34.0. The Bertz CT molecular complexity index is 905. The van der Waals surface area contributed by atoms with Crippen LogP contribution < -0.4 is 0 Å². The van der Waals surface area contributed by atoms with Crippen molar-refractivity contribution in [3.05, 3.63) is 11.6 Å². The number of aliphatic hydroxyl groups is 3. The third kappa shape index (κ3) is 4.43. The second-order valence-corrected chi connectivity index (χ2v) is 15.1. The monoisotopic (exact) mass is 518 g/mol. The van der Waals surface area contributed by atoms with Crippen LogP contribution in [0.5, 0.6) is 0 Å². The van der Waals surface area contributed by atoms with Crippen LogP contribution in [0.25, 0.3) is 0 Å². The quantitative estimate of drug-likeness (QED) is 0.282. The van der Waals surface area contributed by atoms with Crippen molar-refractivity contribution in [1.29, 1.82) is 0 Å². The number of fused-ring (bicyclic) bond motifs is 5. The third-order valence-electron chi connectivity index (χ3n) is 12.2. The number of carbonyl (C=O) groups excluding carboxylic acids is 1. The third-order valence-corrected chi connectivity index (χ3v) is 12.2. The highest BCUT2D eigenvalue weighted by atomic mass is 16.5. The van der Waals surface area contributed by atoms with E-state index in [1.54, 1.807) is 5.57 Å². The fourth-order valence-electron chi connectivity index (χ4n) is 10.4. The van der Waals surface area contributed by atoms with Gasteiger partial charge < -0.3 is 20.1 Å². The molecule has 0 spiro atoms. The standard InChI is InChI=1S/C32H54O5/c1-20(2)17-22(37-21(3)34)18-31(8,36)26-12-15-30(7)24-9-10-25-28(4,5)27(35)13-14-29(25,6)23(24)11-16-32(26,30)19-33/h11,20,22,24-27,33,35-36H,9-10,12-19H2,1-8H3/t22?,24-,25+,26-,27?,29-,30+,31+,32+/m1/s1. The number of hydrogen-bond acceptors (Lipinski definition) is 5. The first-order valence-electron chi connectivity index (χ1n) is 14.9. The van der Waals surface area contributed by atoms with E-state index in [1.807, 2.05) is 6.92 Å². The molecule has 0 aromatic rings. The second-order valence-electron chi connectivity index (χ2n) is 15.1. The Morgan fingerprint density at radius 3 is 2.41 bits per heavy atom. The van der Waals surface area contributed by atoms with Crippen molar-refractivity contribution in [2.75, 3.05) is 6.61 Å². The Kier molecular flexibility index (Phi) is 7.57. The maximum atomic E-state index is 12.0. The normalized spacial score (nSPS) is 43.2. The van der Waals surface area contributed by atoms with E-state index in [9.17, 15) is 20.1 Å². The zero-order valence-corrected chi connectivity index (χ0v) is 24.8. The van der Waals surface area contributed by atoms with Crippen LogP contribution in [0.2, 0.25) is 0 Å². The van der Waals surface area contributed by atoms with E-state index in [4.69, 9.17) is 4.74 Å². The molecule has 0 aromatic heterocycles. The molecular formula is C32H54O5.